The van der Waals surface area contributed by atoms with E-state index in [0.29, 0.717) is 0 Å². The first-order valence-electron chi connectivity index (χ1n) is 5.16. The Kier molecular flexibility index (Phi) is 3.44. The van der Waals surface area contributed by atoms with E-state index in [1.54, 1.807) is 7.05 Å². The van der Waals surface area contributed by atoms with Crippen LogP contribution in [0.3, 0.4) is 0 Å². The van der Waals surface area contributed by atoms with E-state index >= 15 is 0 Å². The average Bonchev–Trinajstić information content (AvgIpc) is 2.61. The Bertz CT molecular complexity index is 476. The molecule has 0 spiro atoms. The molecule has 17 heavy (non-hydrogen) atoms. The van der Waals surface area contributed by atoms with Gasteiger partial charge in [0.25, 0.3) is 0 Å². The minimum atomic E-state index is -0.463. The van der Waals surface area contributed by atoms with E-state index in [2.05, 4.69) is 31.9 Å². The number of anilines is 1. The van der Waals surface area contributed by atoms with Gasteiger partial charge in [-0.1, -0.05) is 22.0 Å². The summed E-state index contributed by atoms with van der Waals surface area (Å²) in [6, 6.07) is 5.11. The van der Waals surface area contributed by atoms with Crippen LogP contribution in [0.5, 0.6) is 0 Å². The van der Waals surface area contributed by atoms with Gasteiger partial charge in [-0.05, 0) is 12.1 Å². The first-order chi connectivity index (χ1) is 8.11. The van der Waals surface area contributed by atoms with Crippen LogP contribution in [-0.4, -0.2) is 25.4 Å². The Morgan fingerprint density at radius 2 is 2.29 bits per heavy atom. The first-order valence-corrected chi connectivity index (χ1v) is 5.95. The summed E-state index contributed by atoms with van der Waals surface area (Å²) in [4.78, 5) is 22.9. The second-order valence-electron chi connectivity index (χ2n) is 3.71. The van der Waals surface area contributed by atoms with E-state index in [1.165, 1.54) is 0 Å². The quantitative estimate of drug-likeness (QED) is 0.772. The maximum atomic E-state index is 11.7. The van der Waals surface area contributed by atoms with E-state index in [9.17, 15) is 9.59 Å². The number of carbonyl (C=O) groups is 2. The van der Waals surface area contributed by atoms with Crippen molar-refractivity contribution in [2.75, 3.05) is 18.9 Å². The van der Waals surface area contributed by atoms with Crippen molar-refractivity contribution < 1.29 is 9.59 Å². The fourth-order valence-corrected chi connectivity index (χ4v) is 2.08. The fraction of sp³-hybridized carbons (Fsp3) is 0.273. The smallest absolute Gasteiger partial charge is 0.246 e. The number of halogens is 1. The van der Waals surface area contributed by atoms with Gasteiger partial charge in [0.15, 0.2) is 0 Å². The maximum absolute atomic E-state index is 11.7. The van der Waals surface area contributed by atoms with Gasteiger partial charge in [-0.2, -0.15) is 0 Å². The van der Waals surface area contributed by atoms with Crippen molar-refractivity contribution in [3.63, 3.8) is 0 Å². The largest absolute Gasteiger partial charge is 0.358 e. The topological polar surface area (TPSA) is 70.2 Å². The third-order valence-corrected chi connectivity index (χ3v) is 3.09. The SMILES string of the molecule is CNC(=O)CNC1C(=O)Nc2cc(Br)ccc21. The third kappa shape index (κ3) is 2.48. The lowest BCUT2D eigenvalue weighted by atomic mass is 10.1. The number of likely N-dealkylation sites (N-methyl/N-ethyl adjacent to an activating group) is 1. The van der Waals surface area contributed by atoms with Gasteiger partial charge in [0.2, 0.25) is 11.8 Å². The van der Waals surface area contributed by atoms with Crippen LogP contribution in [0.15, 0.2) is 22.7 Å². The molecule has 0 saturated carbocycles. The van der Waals surface area contributed by atoms with E-state index in [4.69, 9.17) is 0 Å². The normalized spacial score (nSPS) is 17.5. The summed E-state index contributed by atoms with van der Waals surface area (Å²) >= 11 is 3.34. The van der Waals surface area contributed by atoms with Gasteiger partial charge in [0.1, 0.15) is 6.04 Å². The van der Waals surface area contributed by atoms with Gasteiger partial charge >= 0.3 is 0 Å². The minimum absolute atomic E-state index is 0.115. The van der Waals surface area contributed by atoms with Gasteiger partial charge in [0, 0.05) is 22.8 Å². The lowest BCUT2D eigenvalue weighted by Crippen LogP contribution is -2.36. The van der Waals surface area contributed by atoms with E-state index in [1.807, 2.05) is 18.2 Å². The van der Waals surface area contributed by atoms with Crippen LogP contribution in [0.4, 0.5) is 5.69 Å². The summed E-state index contributed by atoms with van der Waals surface area (Å²) in [5, 5.41) is 8.18. The molecule has 2 rings (SSSR count). The van der Waals surface area contributed by atoms with Crippen molar-refractivity contribution in [1.29, 1.82) is 0 Å². The van der Waals surface area contributed by atoms with Crippen LogP contribution in [0.25, 0.3) is 0 Å². The molecular formula is C11H12BrN3O2. The molecule has 1 aromatic rings. The summed E-state index contributed by atoms with van der Waals surface area (Å²) in [7, 11) is 1.56. The zero-order valence-corrected chi connectivity index (χ0v) is 10.8. The lowest BCUT2D eigenvalue weighted by Gasteiger charge is -2.10. The molecule has 0 aliphatic carbocycles. The van der Waals surface area contributed by atoms with Crippen molar-refractivity contribution in [1.82, 2.24) is 10.6 Å². The molecule has 6 heteroatoms. The van der Waals surface area contributed by atoms with E-state index < -0.39 is 6.04 Å². The molecule has 1 aromatic carbocycles. The highest BCUT2D eigenvalue weighted by Gasteiger charge is 2.30. The van der Waals surface area contributed by atoms with Gasteiger partial charge in [-0.25, -0.2) is 0 Å². The fourth-order valence-electron chi connectivity index (χ4n) is 1.72. The van der Waals surface area contributed by atoms with Crippen molar-refractivity contribution in [2.24, 2.45) is 0 Å². The zero-order valence-electron chi connectivity index (χ0n) is 9.21. The van der Waals surface area contributed by atoms with Gasteiger partial charge < -0.3 is 10.6 Å². The van der Waals surface area contributed by atoms with Crippen LogP contribution in [0, 0.1) is 0 Å². The number of benzene rings is 1. The molecule has 5 nitrogen and oxygen atoms in total. The number of amides is 2. The van der Waals surface area contributed by atoms with Crippen LogP contribution in [0.1, 0.15) is 11.6 Å². The second-order valence-corrected chi connectivity index (χ2v) is 4.62. The third-order valence-electron chi connectivity index (χ3n) is 2.59. The summed E-state index contributed by atoms with van der Waals surface area (Å²) in [5.41, 5.74) is 1.64. The van der Waals surface area contributed by atoms with Crippen molar-refractivity contribution in [3.05, 3.63) is 28.2 Å². The number of hydrogen-bond donors (Lipinski definition) is 3. The molecule has 0 bridgehead atoms. The molecule has 1 aliphatic rings. The minimum Gasteiger partial charge on any atom is -0.358 e. The molecule has 1 atom stereocenters. The van der Waals surface area contributed by atoms with E-state index in [0.717, 1.165) is 15.7 Å². The number of rotatable bonds is 3. The van der Waals surface area contributed by atoms with Crippen LogP contribution < -0.4 is 16.0 Å². The molecule has 1 heterocycles. The Morgan fingerprint density at radius 3 is 3.00 bits per heavy atom. The Morgan fingerprint density at radius 1 is 1.53 bits per heavy atom. The zero-order chi connectivity index (χ0) is 12.4. The highest BCUT2D eigenvalue weighted by atomic mass is 79.9. The van der Waals surface area contributed by atoms with Gasteiger partial charge in [-0.15, -0.1) is 0 Å². The van der Waals surface area contributed by atoms with Gasteiger partial charge in [0.05, 0.1) is 6.54 Å². The second kappa shape index (κ2) is 4.85. The summed E-state index contributed by atoms with van der Waals surface area (Å²) in [6.07, 6.45) is 0. The number of fused-ring (bicyclic) bond motifs is 1. The summed E-state index contributed by atoms with van der Waals surface area (Å²) in [5.74, 6) is -0.287. The molecule has 0 radical (unpaired) electrons. The Balaban J connectivity index is 2.15. The Hall–Kier alpha value is -1.40. The van der Waals surface area contributed by atoms with Crippen LogP contribution in [-0.2, 0) is 9.59 Å². The average molecular weight is 298 g/mol. The predicted octanol–water partition coefficient (Wildman–Crippen LogP) is 0.778. The van der Waals surface area contributed by atoms with Crippen LogP contribution in [0.2, 0.25) is 0 Å². The van der Waals surface area contributed by atoms with Crippen molar-refractivity contribution in [2.45, 2.75) is 6.04 Å². The predicted molar refractivity (Wildman–Crippen MR) is 67.6 cm³/mol. The Labute approximate surface area is 107 Å². The molecule has 3 N–H and O–H groups in total. The molecule has 0 fully saturated rings. The molecule has 2 amide bonds. The highest BCUT2D eigenvalue weighted by molar-refractivity contribution is 9.10. The highest BCUT2D eigenvalue weighted by Crippen LogP contribution is 2.32. The standard InChI is InChI=1S/C11H12BrN3O2/c1-13-9(16)5-14-10-7-3-2-6(12)4-8(7)15-11(10)17/h2-4,10,14H,5H2,1H3,(H,13,16)(H,15,17). The summed E-state index contributed by atoms with van der Waals surface area (Å²) in [6.45, 7) is 0.115. The first kappa shape index (κ1) is 12.1. The molecule has 90 valence electrons. The van der Waals surface area contributed by atoms with Crippen molar-refractivity contribution >= 4 is 33.4 Å². The van der Waals surface area contributed by atoms with Crippen LogP contribution >= 0.6 is 15.9 Å². The van der Waals surface area contributed by atoms with Crippen molar-refractivity contribution in [3.8, 4) is 0 Å². The molecule has 0 saturated heterocycles. The van der Waals surface area contributed by atoms with Gasteiger partial charge in [-0.3, -0.25) is 14.9 Å². The molecular weight excluding hydrogens is 286 g/mol. The lowest BCUT2D eigenvalue weighted by molar-refractivity contribution is -0.120. The summed E-state index contributed by atoms with van der Waals surface area (Å²) < 4.78 is 0.906. The molecule has 1 unspecified atom stereocenters. The maximum Gasteiger partial charge on any atom is 0.246 e. The monoisotopic (exact) mass is 297 g/mol. The number of nitrogens with one attached hydrogen (secondary N) is 3. The number of hydrogen-bond acceptors (Lipinski definition) is 3. The molecule has 0 aromatic heterocycles. The number of carbonyl (C=O) groups excluding carboxylic acids is 2. The molecule has 1 aliphatic heterocycles. The van der Waals surface area contributed by atoms with E-state index in [-0.39, 0.29) is 18.4 Å².